The molecule has 2 aromatic heterocycles. The van der Waals surface area contributed by atoms with Gasteiger partial charge in [-0.15, -0.1) is 0 Å². The lowest BCUT2D eigenvalue weighted by Gasteiger charge is -2.26. The molecule has 0 aliphatic carbocycles. The zero-order chi connectivity index (χ0) is 23.7. The molecule has 2 N–H and O–H groups in total. The molecule has 0 unspecified atom stereocenters. The first kappa shape index (κ1) is 22.3. The number of carbonyl (C=O) groups excluding carboxylic acids is 2. The van der Waals surface area contributed by atoms with Crippen molar-refractivity contribution in [1.82, 2.24) is 19.9 Å². The Morgan fingerprint density at radius 1 is 1.39 bits per heavy atom. The third-order valence-electron chi connectivity index (χ3n) is 6.00. The van der Waals surface area contributed by atoms with Crippen LogP contribution in [-0.2, 0) is 16.0 Å². The minimum absolute atomic E-state index is 0.0852. The highest BCUT2D eigenvalue weighted by molar-refractivity contribution is 5.97. The molecule has 4 rings (SSSR count). The lowest BCUT2D eigenvalue weighted by atomic mass is 10.0. The molecular weight excluding hydrogens is 420 g/mol. The molecule has 170 valence electrons. The van der Waals surface area contributed by atoms with Crippen LogP contribution in [0.15, 0.2) is 24.4 Å². The number of fused-ring (bicyclic) bond motifs is 2. The molecule has 1 aliphatic heterocycles. The molecule has 2 atom stereocenters. The van der Waals surface area contributed by atoms with Gasteiger partial charge in [0.25, 0.3) is 5.91 Å². The topological polar surface area (TPSA) is 121 Å². The zero-order valence-electron chi connectivity index (χ0n) is 19.1. The number of hydrogen-bond acceptors (Lipinski definition) is 6. The number of rotatable bonds is 6. The lowest BCUT2D eigenvalue weighted by Crippen LogP contribution is -2.36. The van der Waals surface area contributed by atoms with Crippen LogP contribution in [-0.4, -0.2) is 32.5 Å². The van der Waals surface area contributed by atoms with Gasteiger partial charge in [0.15, 0.2) is 11.8 Å². The summed E-state index contributed by atoms with van der Waals surface area (Å²) in [6.45, 7) is 7.61. The number of aromatic nitrogens is 3. The number of nitriles is 1. The first-order chi connectivity index (χ1) is 15.8. The molecule has 0 saturated heterocycles. The molecule has 33 heavy (non-hydrogen) atoms. The second-order valence-electron chi connectivity index (χ2n) is 8.22. The summed E-state index contributed by atoms with van der Waals surface area (Å²) < 4.78 is 7.46. The van der Waals surface area contributed by atoms with Gasteiger partial charge >= 0.3 is 0 Å². The van der Waals surface area contributed by atoms with Crippen LogP contribution in [0.2, 0.25) is 0 Å². The number of carbonyl (C=O) groups is 2. The van der Waals surface area contributed by atoms with Gasteiger partial charge in [-0.2, -0.15) is 10.4 Å². The molecule has 0 bridgehead atoms. The van der Waals surface area contributed by atoms with E-state index in [4.69, 9.17) is 4.74 Å². The van der Waals surface area contributed by atoms with Crippen molar-refractivity contribution >= 4 is 23.1 Å². The molecule has 9 heteroatoms. The van der Waals surface area contributed by atoms with Crippen LogP contribution in [0.4, 0.5) is 5.69 Å². The van der Waals surface area contributed by atoms with Crippen LogP contribution in [0.3, 0.4) is 0 Å². The molecule has 2 amide bonds. The van der Waals surface area contributed by atoms with Gasteiger partial charge in [-0.3, -0.25) is 9.59 Å². The number of anilines is 1. The highest BCUT2D eigenvalue weighted by atomic mass is 16.5. The third-order valence-corrected chi connectivity index (χ3v) is 6.00. The molecule has 9 nitrogen and oxygen atoms in total. The second kappa shape index (κ2) is 8.90. The van der Waals surface area contributed by atoms with E-state index in [1.807, 2.05) is 39.8 Å². The van der Waals surface area contributed by atoms with Crippen molar-refractivity contribution < 1.29 is 14.3 Å². The van der Waals surface area contributed by atoms with Gasteiger partial charge in [0.1, 0.15) is 17.4 Å². The van der Waals surface area contributed by atoms with Crippen molar-refractivity contribution in [3.63, 3.8) is 0 Å². The SMILES string of the molecule is CC[C@@H]1Oc2cc([C@@H](C)NC(=O)CCc3c(C)nc4c(C#N)cnn4c3C)ccc2NC1=O. The minimum atomic E-state index is -0.505. The summed E-state index contributed by atoms with van der Waals surface area (Å²) in [5, 5.41) is 19.3. The number of benzene rings is 1. The summed E-state index contributed by atoms with van der Waals surface area (Å²) in [5.41, 5.74) is 5.10. The van der Waals surface area contributed by atoms with Crippen molar-refractivity contribution in [2.24, 2.45) is 0 Å². The Labute approximate surface area is 191 Å². The van der Waals surface area contributed by atoms with E-state index < -0.39 is 6.10 Å². The Hall–Kier alpha value is -3.93. The van der Waals surface area contributed by atoms with Crippen LogP contribution in [0.5, 0.6) is 5.75 Å². The maximum Gasteiger partial charge on any atom is 0.265 e. The Morgan fingerprint density at radius 3 is 2.91 bits per heavy atom. The Morgan fingerprint density at radius 2 is 2.18 bits per heavy atom. The van der Waals surface area contributed by atoms with Crippen molar-refractivity contribution in [3.05, 3.63) is 52.5 Å². The number of aryl methyl sites for hydroxylation is 2. The average Bonchev–Trinajstić information content (AvgIpc) is 3.21. The van der Waals surface area contributed by atoms with E-state index in [-0.39, 0.29) is 17.9 Å². The molecule has 3 heterocycles. The second-order valence-corrected chi connectivity index (χ2v) is 8.22. The third kappa shape index (κ3) is 4.24. The molecule has 0 fully saturated rings. The maximum atomic E-state index is 12.7. The fraction of sp³-hybridized carbons (Fsp3) is 0.375. The molecule has 0 radical (unpaired) electrons. The first-order valence-corrected chi connectivity index (χ1v) is 11.0. The Bertz CT molecular complexity index is 1290. The van der Waals surface area contributed by atoms with Crippen molar-refractivity contribution in [2.75, 3.05) is 5.32 Å². The van der Waals surface area contributed by atoms with Crippen LogP contribution in [0.1, 0.15) is 60.8 Å². The smallest absolute Gasteiger partial charge is 0.265 e. The number of nitrogens with zero attached hydrogens (tertiary/aromatic N) is 4. The largest absolute Gasteiger partial charge is 0.478 e. The molecule has 1 aromatic carbocycles. The highest BCUT2D eigenvalue weighted by Crippen LogP contribution is 2.33. The fourth-order valence-electron chi connectivity index (χ4n) is 4.08. The van der Waals surface area contributed by atoms with E-state index in [2.05, 4.69) is 26.8 Å². The van der Waals surface area contributed by atoms with Crippen LogP contribution >= 0.6 is 0 Å². The molecule has 0 saturated carbocycles. The van der Waals surface area contributed by atoms with E-state index in [0.29, 0.717) is 41.9 Å². The lowest BCUT2D eigenvalue weighted by molar-refractivity contribution is -0.123. The summed E-state index contributed by atoms with van der Waals surface area (Å²) in [4.78, 5) is 29.2. The standard InChI is InChI=1S/C24H26N6O3/c1-5-20-24(32)29-19-8-6-16(10-21(19)33-20)13(2)27-22(31)9-7-18-14(3)28-23-17(11-25)12-26-30(23)15(18)4/h6,8,10,12-13,20H,5,7,9H2,1-4H3,(H,27,31)(H,29,32)/t13-,20+/m1/s1. The monoisotopic (exact) mass is 446 g/mol. The quantitative estimate of drug-likeness (QED) is 0.600. The van der Waals surface area contributed by atoms with E-state index in [1.165, 1.54) is 6.20 Å². The van der Waals surface area contributed by atoms with Gasteiger partial charge in [-0.25, -0.2) is 9.50 Å². The average molecular weight is 447 g/mol. The van der Waals surface area contributed by atoms with Crippen molar-refractivity contribution in [2.45, 2.75) is 59.1 Å². The van der Waals surface area contributed by atoms with E-state index in [0.717, 1.165) is 22.5 Å². The van der Waals surface area contributed by atoms with E-state index >= 15 is 0 Å². The molecule has 0 spiro atoms. The number of nitrogens with one attached hydrogen (secondary N) is 2. The van der Waals surface area contributed by atoms with Crippen LogP contribution in [0.25, 0.3) is 5.65 Å². The number of ether oxygens (including phenoxy) is 1. The van der Waals surface area contributed by atoms with Gasteiger partial charge in [-0.1, -0.05) is 13.0 Å². The van der Waals surface area contributed by atoms with Crippen LogP contribution < -0.4 is 15.4 Å². The van der Waals surface area contributed by atoms with E-state index in [1.54, 1.807) is 10.6 Å². The summed E-state index contributed by atoms with van der Waals surface area (Å²) >= 11 is 0. The van der Waals surface area contributed by atoms with Crippen LogP contribution in [0, 0.1) is 25.2 Å². The zero-order valence-corrected chi connectivity index (χ0v) is 19.1. The Balaban J connectivity index is 1.43. The molecular formula is C24H26N6O3. The minimum Gasteiger partial charge on any atom is -0.478 e. The molecule has 1 aliphatic rings. The normalized spacial score (nSPS) is 15.8. The number of hydrogen-bond donors (Lipinski definition) is 2. The first-order valence-electron chi connectivity index (χ1n) is 11.0. The van der Waals surface area contributed by atoms with Gasteiger partial charge < -0.3 is 15.4 Å². The fourth-order valence-corrected chi connectivity index (χ4v) is 4.08. The molecule has 3 aromatic rings. The van der Waals surface area contributed by atoms with Gasteiger partial charge in [0.2, 0.25) is 5.91 Å². The Kier molecular flexibility index (Phi) is 6.01. The van der Waals surface area contributed by atoms with Gasteiger partial charge in [0, 0.05) is 17.8 Å². The predicted molar refractivity (Wildman–Crippen MR) is 122 cm³/mol. The summed E-state index contributed by atoms with van der Waals surface area (Å²) in [6, 6.07) is 7.40. The summed E-state index contributed by atoms with van der Waals surface area (Å²) in [6.07, 6.45) is 2.38. The van der Waals surface area contributed by atoms with Gasteiger partial charge in [0.05, 0.1) is 17.9 Å². The maximum absolute atomic E-state index is 12.7. The van der Waals surface area contributed by atoms with Gasteiger partial charge in [-0.05, 0) is 56.9 Å². The predicted octanol–water partition coefficient (Wildman–Crippen LogP) is 3.14. The van der Waals surface area contributed by atoms with E-state index in [9.17, 15) is 14.9 Å². The van der Waals surface area contributed by atoms with Crippen molar-refractivity contribution in [3.8, 4) is 11.8 Å². The summed E-state index contributed by atoms with van der Waals surface area (Å²) in [5.74, 6) is 0.385. The summed E-state index contributed by atoms with van der Waals surface area (Å²) in [7, 11) is 0. The van der Waals surface area contributed by atoms with Crippen molar-refractivity contribution in [1.29, 1.82) is 5.26 Å². The highest BCUT2D eigenvalue weighted by Gasteiger charge is 2.26. The number of amides is 2.